The number of nitrogens with one attached hydrogen (secondary N) is 1. The lowest BCUT2D eigenvalue weighted by atomic mass is 9.91. The van der Waals surface area contributed by atoms with Crippen molar-refractivity contribution in [3.63, 3.8) is 0 Å². The molecule has 6 heteroatoms. The highest BCUT2D eigenvalue weighted by atomic mass is 16.4. The summed E-state index contributed by atoms with van der Waals surface area (Å²) in [5.41, 5.74) is 4.95. The fourth-order valence-corrected chi connectivity index (χ4v) is 2.09. The van der Waals surface area contributed by atoms with Crippen molar-refractivity contribution in [2.75, 3.05) is 0 Å². The summed E-state index contributed by atoms with van der Waals surface area (Å²) < 4.78 is 1.77. The highest BCUT2D eigenvalue weighted by molar-refractivity contribution is 5.90. The second-order valence-corrected chi connectivity index (χ2v) is 4.30. The summed E-state index contributed by atoms with van der Waals surface area (Å²) in [4.78, 5) is 22.3. The molecule has 1 aromatic rings. The molecule has 1 aromatic heterocycles. The van der Waals surface area contributed by atoms with Gasteiger partial charge in [0, 0.05) is 12.1 Å². The largest absolute Gasteiger partial charge is 0.480 e. The average molecular weight is 236 g/mol. The Morgan fingerprint density at radius 1 is 1.53 bits per heavy atom. The lowest BCUT2D eigenvalue weighted by Crippen LogP contribution is -2.62. The van der Waals surface area contributed by atoms with Gasteiger partial charge in [-0.1, -0.05) is 6.07 Å². The van der Waals surface area contributed by atoms with Gasteiger partial charge in [-0.2, -0.15) is 0 Å². The fraction of sp³-hybridized carbons (Fsp3) is 0.364. The number of rotatable bonds is 3. The molecule has 17 heavy (non-hydrogen) atoms. The maximum atomic E-state index is 11.3. The minimum absolute atomic E-state index is 0.0197. The van der Waals surface area contributed by atoms with Crippen LogP contribution in [-0.2, 0) is 16.1 Å². The molecule has 0 radical (unpaired) electrons. The van der Waals surface area contributed by atoms with Crippen LogP contribution in [0.1, 0.15) is 6.42 Å². The van der Waals surface area contributed by atoms with Crippen LogP contribution in [0.15, 0.2) is 30.6 Å². The second kappa shape index (κ2) is 4.14. The summed E-state index contributed by atoms with van der Waals surface area (Å²) in [6.45, 7) is 0.281. The zero-order valence-electron chi connectivity index (χ0n) is 9.17. The SMILES string of the molecule is NC1(C[n+]2ccccc2)CC(=O)NC1C(=O)O. The molecule has 1 fully saturated rings. The molecule has 0 aliphatic carbocycles. The van der Waals surface area contributed by atoms with Crippen LogP contribution in [0.5, 0.6) is 0 Å². The zero-order valence-corrected chi connectivity index (χ0v) is 9.17. The highest BCUT2D eigenvalue weighted by Gasteiger charge is 2.50. The van der Waals surface area contributed by atoms with Crippen LogP contribution in [0.2, 0.25) is 0 Å². The topological polar surface area (TPSA) is 96.3 Å². The van der Waals surface area contributed by atoms with E-state index in [9.17, 15) is 9.59 Å². The molecule has 90 valence electrons. The van der Waals surface area contributed by atoms with Crippen LogP contribution in [0.3, 0.4) is 0 Å². The number of aliphatic carboxylic acids is 1. The summed E-state index contributed by atoms with van der Waals surface area (Å²) in [6.07, 6.45) is 3.60. The third kappa shape index (κ3) is 2.26. The number of amides is 1. The first-order chi connectivity index (χ1) is 8.01. The summed E-state index contributed by atoms with van der Waals surface area (Å²) >= 11 is 0. The van der Waals surface area contributed by atoms with Crippen LogP contribution < -0.4 is 15.6 Å². The van der Waals surface area contributed by atoms with Gasteiger partial charge < -0.3 is 16.2 Å². The number of carboxylic acids is 1. The van der Waals surface area contributed by atoms with E-state index in [1.807, 2.05) is 18.2 Å². The summed E-state index contributed by atoms with van der Waals surface area (Å²) in [7, 11) is 0. The van der Waals surface area contributed by atoms with E-state index in [0.29, 0.717) is 0 Å². The Morgan fingerprint density at radius 2 is 2.18 bits per heavy atom. The second-order valence-electron chi connectivity index (χ2n) is 4.30. The monoisotopic (exact) mass is 236 g/mol. The Morgan fingerprint density at radius 3 is 2.76 bits per heavy atom. The molecule has 4 N–H and O–H groups in total. The van der Waals surface area contributed by atoms with Crippen molar-refractivity contribution in [1.29, 1.82) is 0 Å². The van der Waals surface area contributed by atoms with E-state index >= 15 is 0 Å². The molecule has 2 atom stereocenters. The van der Waals surface area contributed by atoms with Gasteiger partial charge in [0.05, 0.1) is 6.42 Å². The van der Waals surface area contributed by atoms with E-state index < -0.39 is 17.6 Å². The van der Waals surface area contributed by atoms with Crippen molar-refractivity contribution in [3.8, 4) is 0 Å². The molecule has 2 unspecified atom stereocenters. The Labute approximate surface area is 98.1 Å². The first-order valence-corrected chi connectivity index (χ1v) is 5.26. The number of carboxylic acid groups (broad SMARTS) is 1. The Hall–Kier alpha value is -1.95. The van der Waals surface area contributed by atoms with Gasteiger partial charge in [0.2, 0.25) is 5.91 Å². The summed E-state index contributed by atoms with van der Waals surface area (Å²) in [6, 6.07) is 4.46. The van der Waals surface area contributed by atoms with Crippen LogP contribution in [0.4, 0.5) is 0 Å². The zero-order chi connectivity index (χ0) is 12.5. The quantitative estimate of drug-likeness (QED) is 0.565. The van der Waals surface area contributed by atoms with E-state index in [2.05, 4.69) is 5.32 Å². The minimum Gasteiger partial charge on any atom is -0.480 e. The van der Waals surface area contributed by atoms with E-state index in [-0.39, 0.29) is 18.9 Å². The van der Waals surface area contributed by atoms with Gasteiger partial charge in [0.15, 0.2) is 25.0 Å². The third-order valence-electron chi connectivity index (χ3n) is 2.87. The summed E-state index contributed by atoms with van der Waals surface area (Å²) in [5, 5.41) is 11.4. The van der Waals surface area contributed by atoms with Gasteiger partial charge in [0.25, 0.3) is 0 Å². The van der Waals surface area contributed by atoms with Crippen LogP contribution >= 0.6 is 0 Å². The van der Waals surface area contributed by atoms with Crippen molar-refractivity contribution < 1.29 is 19.3 Å². The number of hydrogen-bond acceptors (Lipinski definition) is 3. The first kappa shape index (κ1) is 11.5. The molecule has 1 aliphatic heterocycles. The molecule has 1 saturated heterocycles. The molecule has 0 saturated carbocycles. The number of nitrogens with zero attached hydrogens (tertiary/aromatic N) is 1. The van der Waals surface area contributed by atoms with Crippen LogP contribution in [0.25, 0.3) is 0 Å². The molecule has 0 spiro atoms. The van der Waals surface area contributed by atoms with Crippen molar-refractivity contribution >= 4 is 11.9 Å². The van der Waals surface area contributed by atoms with Crippen molar-refractivity contribution in [2.45, 2.75) is 24.5 Å². The van der Waals surface area contributed by atoms with E-state index in [0.717, 1.165) is 0 Å². The number of carbonyl (C=O) groups is 2. The average Bonchev–Trinajstić information content (AvgIpc) is 2.55. The number of aromatic nitrogens is 1. The maximum Gasteiger partial charge on any atom is 0.328 e. The van der Waals surface area contributed by atoms with Crippen molar-refractivity contribution in [1.82, 2.24) is 5.32 Å². The number of hydrogen-bond donors (Lipinski definition) is 3. The third-order valence-corrected chi connectivity index (χ3v) is 2.87. The van der Waals surface area contributed by atoms with Gasteiger partial charge in [-0.05, 0) is 0 Å². The molecule has 1 aliphatic rings. The van der Waals surface area contributed by atoms with Crippen LogP contribution in [0, 0.1) is 0 Å². The highest BCUT2D eigenvalue weighted by Crippen LogP contribution is 2.20. The number of nitrogens with two attached hydrogens (primary N) is 1. The molecule has 2 rings (SSSR count). The van der Waals surface area contributed by atoms with Gasteiger partial charge in [0.1, 0.15) is 5.54 Å². The minimum atomic E-state index is -1.10. The molecule has 2 heterocycles. The van der Waals surface area contributed by atoms with Crippen molar-refractivity contribution in [2.24, 2.45) is 5.73 Å². The van der Waals surface area contributed by atoms with Gasteiger partial charge in [-0.15, -0.1) is 0 Å². The van der Waals surface area contributed by atoms with E-state index in [1.165, 1.54) is 0 Å². The summed E-state index contributed by atoms with van der Waals surface area (Å²) in [5.74, 6) is -1.42. The van der Waals surface area contributed by atoms with Crippen LogP contribution in [-0.4, -0.2) is 28.6 Å². The molecule has 6 nitrogen and oxygen atoms in total. The Kier molecular flexibility index (Phi) is 2.81. The predicted molar refractivity (Wildman–Crippen MR) is 57.7 cm³/mol. The lowest BCUT2D eigenvalue weighted by molar-refractivity contribution is -0.703. The Bertz CT molecular complexity index is 449. The van der Waals surface area contributed by atoms with Crippen molar-refractivity contribution in [3.05, 3.63) is 30.6 Å². The van der Waals surface area contributed by atoms with E-state index in [4.69, 9.17) is 10.8 Å². The van der Waals surface area contributed by atoms with E-state index in [1.54, 1.807) is 17.0 Å². The standard InChI is InChI=1S/C11H13N3O3/c12-11(7-14-4-2-1-3-5-14)6-8(15)13-9(11)10(16)17/h1-5,9H,6-7,12H2,(H-,13,15,16,17)/p+1. The lowest BCUT2D eigenvalue weighted by Gasteiger charge is -2.23. The van der Waals surface area contributed by atoms with Gasteiger partial charge in [-0.25, -0.2) is 9.36 Å². The number of carbonyl (C=O) groups excluding carboxylic acids is 1. The smallest absolute Gasteiger partial charge is 0.328 e. The Balaban J connectivity index is 2.23. The molecular formula is C11H14N3O3+. The maximum absolute atomic E-state index is 11.3. The molecule has 0 aromatic carbocycles. The fourth-order valence-electron chi connectivity index (χ4n) is 2.09. The molecule has 0 bridgehead atoms. The normalized spacial score (nSPS) is 27.8. The first-order valence-electron chi connectivity index (χ1n) is 5.26. The van der Waals surface area contributed by atoms with Gasteiger partial charge >= 0.3 is 5.97 Å². The van der Waals surface area contributed by atoms with Gasteiger partial charge in [-0.3, -0.25) is 4.79 Å². The number of pyridine rings is 1. The molecular weight excluding hydrogens is 222 g/mol. The molecule has 1 amide bonds. The predicted octanol–water partition coefficient (Wildman–Crippen LogP) is -1.36.